The average Bonchev–Trinajstić information content (AvgIpc) is 3.04. The number of anilines is 1. The highest BCUT2D eigenvalue weighted by molar-refractivity contribution is 7.00. The van der Waals surface area contributed by atoms with Gasteiger partial charge in [-0.1, -0.05) is 18.5 Å². The summed E-state index contributed by atoms with van der Waals surface area (Å²) in [7, 11) is 0. The van der Waals surface area contributed by atoms with Crippen molar-refractivity contribution in [2.24, 2.45) is 0 Å². The SMILES string of the molecule is CCCNC1CCN(c2c(Cl)ccc3nsnc23)C1=O. The number of hydrogen-bond acceptors (Lipinski definition) is 5. The van der Waals surface area contributed by atoms with E-state index in [-0.39, 0.29) is 11.9 Å². The van der Waals surface area contributed by atoms with Gasteiger partial charge in [0.15, 0.2) is 0 Å². The van der Waals surface area contributed by atoms with Crippen LogP contribution in [0.2, 0.25) is 5.02 Å². The van der Waals surface area contributed by atoms with E-state index < -0.39 is 0 Å². The van der Waals surface area contributed by atoms with Crippen LogP contribution in [0.15, 0.2) is 12.1 Å². The maximum Gasteiger partial charge on any atom is 0.244 e. The van der Waals surface area contributed by atoms with Crippen LogP contribution in [-0.4, -0.2) is 33.8 Å². The molecule has 5 nitrogen and oxygen atoms in total. The second-order valence-corrected chi connectivity index (χ2v) is 5.75. The number of benzene rings is 1. The van der Waals surface area contributed by atoms with Gasteiger partial charge in [-0.15, -0.1) is 0 Å². The third kappa shape index (κ3) is 2.28. The molecule has 7 heteroatoms. The van der Waals surface area contributed by atoms with E-state index in [2.05, 4.69) is 21.0 Å². The number of nitrogens with zero attached hydrogens (tertiary/aromatic N) is 3. The molecule has 106 valence electrons. The third-order valence-electron chi connectivity index (χ3n) is 3.47. The molecule has 1 saturated heterocycles. The Kier molecular flexibility index (Phi) is 3.87. The van der Waals surface area contributed by atoms with E-state index in [0.29, 0.717) is 22.8 Å². The molecule has 2 heterocycles. The van der Waals surface area contributed by atoms with Gasteiger partial charge in [0.05, 0.1) is 28.5 Å². The third-order valence-corrected chi connectivity index (χ3v) is 4.32. The molecule has 1 atom stereocenters. The van der Waals surface area contributed by atoms with Gasteiger partial charge in [-0.05, 0) is 31.5 Å². The predicted octanol–water partition coefficient (Wildman–Crippen LogP) is 2.45. The fraction of sp³-hybridized carbons (Fsp3) is 0.462. The first kappa shape index (κ1) is 13.7. The minimum atomic E-state index is -0.118. The summed E-state index contributed by atoms with van der Waals surface area (Å²) >= 11 is 7.42. The van der Waals surface area contributed by atoms with Gasteiger partial charge in [0, 0.05) is 6.54 Å². The van der Waals surface area contributed by atoms with Crippen molar-refractivity contribution in [3.05, 3.63) is 17.2 Å². The molecular formula is C13H15ClN4OS. The van der Waals surface area contributed by atoms with Crippen LogP contribution in [0.1, 0.15) is 19.8 Å². The number of amides is 1. The molecule has 20 heavy (non-hydrogen) atoms. The second-order valence-electron chi connectivity index (χ2n) is 4.81. The highest BCUT2D eigenvalue weighted by atomic mass is 35.5. The summed E-state index contributed by atoms with van der Waals surface area (Å²) in [5.74, 6) is 0.0702. The van der Waals surface area contributed by atoms with Crippen molar-refractivity contribution in [3.8, 4) is 0 Å². The summed E-state index contributed by atoms with van der Waals surface area (Å²) < 4.78 is 8.48. The van der Waals surface area contributed by atoms with Crippen molar-refractivity contribution in [2.45, 2.75) is 25.8 Å². The topological polar surface area (TPSA) is 58.1 Å². The Morgan fingerprint density at radius 3 is 3.15 bits per heavy atom. The van der Waals surface area contributed by atoms with Crippen LogP contribution in [0.3, 0.4) is 0 Å². The minimum absolute atomic E-state index is 0.0702. The number of nitrogens with one attached hydrogen (secondary N) is 1. The molecule has 1 aliphatic rings. The quantitative estimate of drug-likeness (QED) is 0.942. The van der Waals surface area contributed by atoms with Gasteiger partial charge in [-0.3, -0.25) is 4.79 Å². The average molecular weight is 311 g/mol. The van der Waals surface area contributed by atoms with E-state index in [9.17, 15) is 4.79 Å². The van der Waals surface area contributed by atoms with Gasteiger partial charge in [-0.25, -0.2) is 0 Å². The molecule has 1 unspecified atom stereocenters. The summed E-state index contributed by atoms with van der Waals surface area (Å²) in [4.78, 5) is 14.2. The van der Waals surface area contributed by atoms with Crippen LogP contribution >= 0.6 is 23.3 Å². The molecule has 0 aliphatic carbocycles. The lowest BCUT2D eigenvalue weighted by Gasteiger charge is -2.18. The molecule has 3 rings (SSSR count). The Bertz CT molecular complexity index is 644. The molecular weight excluding hydrogens is 296 g/mol. The summed E-state index contributed by atoms with van der Waals surface area (Å²) in [6.07, 6.45) is 1.80. The maximum absolute atomic E-state index is 12.5. The molecule has 1 aromatic heterocycles. The van der Waals surface area contributed by atoms with E-state index >= 15 is 0 Å². The Hall–Kier alpha value is -1.24. The lowest BCUT2D eigenvalue weighted by atomic mass is 10.2. The van der Waals surface area contributed by atoms with Gasteiger partial charge >= 0.3 is 0 Å². The van der Waals surface area contributed by atoms with E-state index in [1.165, 1.54) is 0 Å². The predicted molar refractivity (Wildman–Crippen MR) is 81.5 cm³/mol. The van der Waals surface area contributed by atoms with Crippen molar-refractivity contribution < 1.29 is 4.79 Å². The van der Waals surface area contributed by atoms with Crippen LogP contribution < -0.4 is 10.2 Å². The molecule has 1 amide bonds. The molecule has 1 N–H and O–H groups in total. The van der Waals surface area contributed by atoms with Gasteiger partial charge < -0.3 is 10.2 Å². The van der Waals surface area contributed by atoms with Gasteiger partial charge in [0.1, 0.15) is 11.0 Å². The molecule has 0 saturated carbocycles. The molecule has 0 spiro atoms. The zero-order valence-electron chi connectivity index (χ0n) is 11.1. The van der Waals surface area contributed by atoms with Crippen LogP contribution in [0.4, 0.5) is 5.69 Å². The van der Waals surface area contributed by atoms with Crippen molar-refractivity contribution in [1.82, 2.24) is 14.1 Å². The molecule has 1 aliphatic heterocycles. The largest absolute Gasteiger partial charge is 0.308 e. The summed E-state index contributed by atoms with van der Waals surface area (Å²) in [6, 6.07) is 3.49. The first-order chi connectivity index (χ1) is 9.72. The minimum Gasteiger partial charge on any atom is -0.308 e. The van der Waals surface area contributed by atoms with Crippen molar-refractivity contribution in [2.75, 3.05) is 18.0 Å². The molecule has 1 fully saturated rings. The number of carbonyl (C=O) groups is 1. The maximum atomic E-state index is 12.5. The Morgan fingerprint density at radius 1 is 1.50 bits per heavy atom. The Morgan fingerprint density at radius 2 is 2.35 bits per heavy atom. The number of rotatable bonds is 4. The van der Waals surface area contributed by atoms with Crippen LogP contribution in [-0.2, 0) is 4.79 Å². The molecule has 0 bridgehead atoms. The number of halogens is 1. The van der Waals surface area contributed by atoms with Crippen molar-refractivity contribution in [3.63, 3.8) is 0 Å². The van der Waals surface area contributed by atoms with E-state index in [0.717, 1.165) is 36.6 Å². The highest BCUT2D eigenvalue weighted by Gasteiger charge is 2.34. The standard InChI is InChI=1S/C13H15ClN4OS/c1-2-6-15-10-5-7-18(13(10)19)12-8(14)3-4-9-11(12)17-20-16-9/h3-4,10,15H,2,5-7H2,1H3. The van der Waals surface area contributed by atoms with Crippen LogP contribution in [0.5, 0.6) is 0 Å². The van der Waals surface area contributed by atoms with Gasteiger partial charge in [0.2, 0.25) is 5.91 Å². The Labute approximate surface area is 126 Å². The molecule has 0 radical (unpaired) electrons. The summed E-state index contributed by atoms with van der Waals surface area (Å²) in [6.45, 7) is 3.60. The monoisotopic (exact) mass is 310 g/mol. The zero-order chi connectivity index (χ0) is 14.1. The van der Waals surface area contributed by atoms with E-state index in [1.54, 1.807) is 11.0 Å². The highest BCUT2D eigenvalue weighted by Crippen LogP contribution is 2.35. The first-order valence-electron chi connectivity index (χ1n) is 6.68. The lowest BCUT2D eigenvalue weighted by Crippen LogP contribution is -2.38. The van der Waals surface area contributed by atoms with Gasteiger partial charge in [-0.2, -0.15) is 8.75 Å². The molecule has 1 aromatic carbocycles. The molecule has 2 aromatic rings. The number of aromatic nitrogens is 2. The normalized spacial score (nSPS) is 19.2. The zero-order valence-corrected chi connectivity index (χ0v) is 12.7. The van der Waals surface area contributed by atoms with E-state index in [1.807, 2.05) is 6.07 Å². The fourth-order valence-corrected chi connectivity index (χ4v) is 3.27. The van der Waals surface area contributed by atoms with Crippen LogP contribution in [0.25, 0.3) is 11.0 Å². The summed E-state index contributed by atoms with van der Waals surface area (Å²) in [5.41, 5.74) is 2.20. The first-order valence-corrected chi connectivity index (χ1v) is 7.78. The number of hydrogen-bond donors (Lipinski definition) is 1. The van der Waals surface area contributed by atoms with E-state index in [4.69, 9.17) is 11.6 Å². The van der Waals surface area contributed by atoms with Crippen LogP contribution in [0, 0.1) is 0 Å². The fourth-order valence-electron chi connectivity index (χ4n) is 2.48. The smallest absolute Gasteiger partial charge is 0.244 e. The second kappa shape index (κ2) is 5.63. The van der Waals surface area contributed by atoms with Crippen molar-refractivity contribution >= 4 is 46.0 Å². The number of fused-ring (bicyclic) bond motifs is 1. The number of carbonyl (C=O) groups excluding carboxylic acids is 1. The van der Waals surface area contributed by atoms with Gasteiger partial charge in [0.25, 0.3) is 0 Å². The summed E-state index contributed by atoms with van der Waals surface area (Å²) in [5, 5.41) is 3.83. The van der Waals surface area contributed by atoms with Crippen molar-refractivity contribution in [1.29, 1.82) is 0 Å². The Balaban J connectivity index is 1.94. The lowest BCUT2D eigenvalue weighted by molar-refractivity contribution is -0.118.